The third-order valence-corrected chi connectivity index (χ3v) is 5.53. The molecule has 0 aliphatic heterocycles. The number of hydrogen-bond donors (Lipinski definition) is 2. The van der Waals surface area contributed by atoms with Crippen LogP contribution in [0.5, 0.6) is 0 Å². The van der Waals surface area contributed by atoms with Crippen molar-refractivity contribution < 1.29 is 4.79 Å². The molecule has 8 heteroatoms. The Morgan fingerprint density at radius 2 is 2.04 bits per heavy atom. The van der Waals surface area contributed by atoms with E-state index in [0.717, 1.165) is 23.6 Å². The van der Waals surface area contributed by atoms with E-state index in [9.17, 15) is 4.79 Å². The van der Waals surface area contributed by atoms with Crippen LogP contribution in [0, 0.1) is 20.8 Å². The highest BCUT2D eigenvalue weighted by molar-refractivity contribution is 7.10. The summed E-state index contributed by atoms with van der Waals surface area (Å²) in [6, 6.07) is 3.96. The molecular formula is C19H24N6OS. The van der Waals surface area contributed by atoms with Crippen molar-refractivity contribution in [1.29, 1.82) is 0 Å². The molecule has 0 bridgehead atoms. The Morgan fingerprint density at radius 1 is 1.19 bits per heavy atom. The summed E-state index contributed by atoms with van der Waals surface area (Å²) in [5.74, 6) is 1.55. The number of hydrogen-bond acceptors (Lipinski definition) is 6. The molecule has 2 N–H and O–H groups in total. The van der Waals surface area contributed by atoms with Crippen LogP contribution in [0.4, 0.5) is 5.82 Å². The van der Waals surface area contributed by atoms with E-state index in [4.69, 9.17) is 0 Å². The summed E-state index contributed by atoms with van der Waals surface area (Å²) in [7, 11) is 0. The monoisotopic (exact) mass is 384 g/mol. The number of aryl methyl sites for hydroxylation is 3. The molecule has 0 saturated heterocycles. The van der Waals surface area contributed by atoms with Crippen LogP contribution in [0.1, 0.15) is 28.2 Å². The molecule has 0 spiro atoms. The number of amides is 1. The highest BCUT2D eigenvalue weighted by atomic mass is 32.1. The van der Waals surface area contributed by atoms with Crippen molar-refractivity contribution in [2.24, 2.45) is 0 Å². The predicted octanol–water partition coefficient (Wildman–Crippen LogP) is 2.81. The zero-order valence-corrected chi connectivity index (χ0v) is 16.6. The fourth-order valence-electron chi connectivity index (χ4n) is 2.67. The maximum Gasteiger partial charge on any atom is 0.220 e. The van der Waals surface area contributed by atoms with Gasteiger partial charge in [-0.3, -0.25) is 9.36 Å². The van der Waals surface area contributed by atoms with Crippen LogP contribution in [0.3, 0.4) is 0 Å². The zero-order valence-electron chi connectivity index (χ0n) is 15.8. The van der Waals surface area contributed by atoms with Crippen LogP contribution in [-0.4, -0.2) is 38.5 Å². The van der Waals surface area contributed by atoms with Gasteiger partial charge in [-0.05, 0) is 44.2 Å². The first-order valence-corrected chi connectivity index (χ1v) is 9.79. The highest BCUT2D eigenvalue weighted by Crippen LogP contribution is 2.17. The molecule has 0 aromatic carbocycles. The van der Waals surface area contributed by atoms with E-state index in [-0.39, 0.29) is 5.91 Å². The molecule has 0 fully saturated rings. The third kappa shape index (κ3) is 4.91. The lowest BCUT2D eigenvalue weighted by Gasteiger charge is -2.09. The topological polar surface area (TPSA) is 84.7 Å². The largest absolute Gasteiger partial charge is 0.368 e. The Labute approximate surface area is 162 Å². The van der Waals surface area contributed by atoms with E-state index in [1.807, 2.05) is 24.5 Å². The number of anilines is 1. The first-order valence-electron chi connectivity index (χ1n) is 8.91. The number of carbonyl (C=O) groups excluding carboxylic acids is 1. The fourth-order valence-corrected chi connectivity index (χ4v) is 3.58. The minimum Gasteiger partial charge on any atom is -0.368 e. The second-order valence-corrected chi connectivity index (χ2v) is 7.35. The maximum absolute atomic E-state index is 12.0. The van der Waals surface area contributed by atoms with Crippen LogP contribution in [0.25, 0.3) is 5.82 Å². The number of imidazole rings is 1. The van der Waals surface area contributed by atoms with E-state index >= 15 is 0 Å². The Morgan fingerprint density at radius 3 is 2.74 bits per heavy atom. The van der Waals surface area contributed by atoms with Gasteiger partial charge in [-0.1, -0.05) is 0 Å². The maximum atomic E-state index is 12.0. The van der Waals surface area contributed by atoms with Gasteiger partial charge in [0.25, 0.3) is 0 Å². The Kier molecular flexibility index (Phi) is 6.18. The summed E-state index contributed by atoms with van der Waals surface area (Å²) in [4.78, 5) is 26.1. The van der Waals surface area contributed by atoms with Gasteiger partial charge in [0.05, 0.1) is 5.69 Å². The zero-order chi connectivity index (χ0) is 19.2. The van der Waals surface area contributed by atoms with Gasteiger partial charge in [-0.15, -0.1) is 11.3 Å². The van der Waals surface area contributed by atoms with Crippen molar-refractivity contribution in [3.8, 4) is 5.82 Å². The Bertz CT molecular complexity index is 917. The van der Waals surface area contributed by atoms with Crippen molar-refractivity contribution in [2.75, 3.05) is 18.4 Å². The van der Waals surface area contributed by atoms with E-state index in [1.54, 1.807) is 17.7 Å². The average molecular weight is 385 g/mol. The van der Waals surface area contributed by atoms with Crippen LogP contribution >= 0.6 is 11.3 Å². The number of carbonyl (C=O) groups is 1. The molecule has 27 heavy (non-hydrogen) atoms. The first-order chi connectivity index (χ1) is 13.0. The molecule has 0 radical (unpaired) electrons. The van der Waals surface area contributed by atoms with Gasteiger partial charge in [-0.2, -0.15) is 0 Å². The van der Waals surface area contributed by atoms with Crippen LogP contribution in [0.15, 0.2) is 30.2 Å². The smallest absolute Gasteiger partial charge is 0.220 e. The number of nitrogens with one attached hydrogen (secondary N) is 2. The molecule has 3 aromatic heterocycles. The molecule has 0 atom stereocenters. The van der Waals surface area contributed by atoms with E-state index in [0.29, 0.717) is 25.3 Å². The summed E-state index contributed by atoms with van der Waals surface area (Å²) in [5, 5.41) is 8.22. The van der Waals surface area contributed by atoms with Crippen LogP contribution < -0.4 is 10.6 Å². The summed E-state index contributed by atoms with van der Waals surface area (Å²) in [6.45, 7) is 7.20. The highest BCUT2D eigenvalue weighted by Gasteiger charge is 2.07. The van der Waals surface area contributed by atoms with E-state index in [2.05, 4.69) is 44.0 Å². The minimum atomic E-state index is 0.0671. The Hall–Kier alpha value is -2.74. The Balaban J connectivity index is 1.44. The number of rotatable bonds is 8. The van der Waals surface area contributed by atoms with Gasteiger partial charge in [0.1, 0.15) is 24.3 Å². The number of aromatic nitrogens is 4. The third-order valence-electron chi connectivity index (χ3n) is 4.45. The molecule has 0 aliphatic rings. The van der Waals surface area contributed by atoms with E-state index in [1.165, 1.54) is 16.8 Å². The van der Waals surface area contributed by atoms with Crippen LogP contribution in [0.2, 0.25) is 0 Å². The average Bonchev–Trinajstić information content (AvgIpc) is 3.23. The molecule has 0 unspecified atom stereocenters. The quantitative estimate of drug-likeness (QED) is 0.584. The SMILES string of the molecule is Cc1ccsc1CCC(=O)NCCNc1cc(-n2cnc(C)c2C)ncn1. The summed E-state index contributed by atoms with van der Waals surface area (Å²) in [5.41, 5.74) is 3.29. The molecule has 0 saturated carbocycles. The normalized spacial score (nSPS) is 10.8. The molecule has 3 heterocycles. The van der Waals surface area contributed by atoms with Gasteiger partial charge in [0, 0.05) is 36.1 Å². The number of thiophene rings is 1. The van der Waals surface area contributed by atoms with Gasteiger partial charge in [-0.25, -0.2) is 15.0 Å². The van der Waals surface area contributed by atoms with Crippen molar-refractivity contribution in [3.63, 3.8) is 0 Å². The molecule has 3 aromatic rings. The molecular weight excluding hydrogens is 360 g/mol. The number of nitrogens with zero attached hydrogens (tertiary/aromatic N) is 4. The summed E-state index contributed by atoms with van der Waals surface area (Å²) in [6.07, 6.45) is 4.58. The predicted molar refractivity (Wildman–Crippen MR) is 108 cm³/mol. The fraction of sp³-hybridized carbons (Fsp3) is 0.368. The summed E-state index contributed by atoms with van der Waals surface area (Å²) >= 11 is 1.71. The second kappa shape index (κ2) is 8.77. The van der Waals surface area contributed by atoms with E-state index < -0.39 is 0 Å². The lowest BCUT2D eigenvalue weighted by molar-refractivity contribution is -0.120. The molecule has 0 aliphatic carbocycles. The van der Waals surface area contributed by atoms with Crippen molar-refractivity contribution in [3.05, 3.63) is 52.0 Å². The van der Waals surface area contributed by atoms with Gasteiger partial charge in [0.15, 0.2) is 0 Å². The minimum absolute atomic E-state index is 0.0671. The molecule has 1 amide bonds. The lowest BCUT2D eigenvalue weighted by atomic mass is 10.2. The lowest BCUT2D eigenvalue weighted by Crippen LogP contribution is -2.29. The molecule has 142 valence electrons. The summed E-state index contributed by atoms with van der Waals surface area (Å²) < 4.78 is 1.93. The van der Waals surface area contributed by atoms with Crippen LogP contribution in [-0.2, 0) is 11.2 Å². The molecule has 3 rings (SSSR count). The first kappa shape index (κ1) is 19.0. The molecule has 7 nitrogen and oxygen atoms in total. The standard InChI is InChI=1S/C19H24N6OS/c1-13-6-9-27-16(13)4-5-19(26)21-8-7-20-17-10-18(23-11-22-17)25-12-24-14(2)15(25)3/h6,9-12H,4-5,7-8H2,1-3H3,(H,21,26)(H,20,22,23). The van der Waals surface area contributed by atoms with Crippen molar-refractivity contribution >= 4 is 23.1 Å². The second-order valence-electron chi connectivity index (χ2n) is 6.35. The van der Waals surface area contributed by atoms with Gasteiger partial charge in [0.2, 0.25) is 5.91 Å². The van der Waals surface area contributed by atoms with Gasteiger partial charge >= 0.3 is 0 Å². The van der Waals surface area contributed by atoms with Gasteiger partial charge < -0.3 is 10.6 Å². The van der Waals surface area contributed by atoms with Crippen molar-refractivity contribution in [2.45, 2.75) is 33.6 Å². The van der Waals surface area contributed by atoms with Crippen molar-refractivity contribution in [1.82, 2.24) is 24.8 Å².